The number of hydrogen-bond acceptors (Lipinski definition) is 5. The summed E-state index contributed by atoms with van der Waals surface area (Å²) in [5.41, 5.74) is 1.02. The van der Waals surface area contributed by atoms with Crippen LogP contribution in [0.15, 0.2) is 29.3 Å². The number of rotatable bonds is 4. The van der Waals surface area contributed by atoms with Crippen molar-refractivity contribution < 1.29 is 18.6 Å². The highest BCUT2D eigenvalue weighted by molar-refractivity contribution is 6.23. The molecule has 0 aromatic heterocycles. The minimum Gasteiger partial charge on any atom is -0.369 e. The van der Waals surface area contributed by atoms with Crippen LogP contribution in [0.5, 0.6) is 0 Å². The van der Waals surface area contributed by atoms with Crippen molar-refractivity contribution in [3.05, 3.63) is 30.1 Å². The van der Waals surface area contributed by atoms with Crippen molar-refractivity contribution in [2.24, 2.45) is 4.99 Å². The Hall–Kier alpha value is -2.81. The Morgan fingerprint density at radius 1 is 1.07 bits per heavy atom. The topological polar surface area (TPSA) is 62.5 Å². The van der Waals surface area contributed by atoms with Crippen LogP contribution in [-0.4, -0.2) is 102 Å². The van der Waals surface area contributed by atoms with Crippen molar-refractivity contribution in [1.82, 2.24) is 14.7 Å². The van der Waals surface area contributed by atoms with E-state index < -0.39 is 6.04 Å². The number of likely N-dealkylation sites (N-methyl/N-ethyl adjacent to an activating group) is 3. The number of carbonyl (C=O) groups is 2. The Labute approximate surface area is 169 Å². The molecule has 4 rings (SSSR count). The Morgan fingerprint density at radius 3 is 2.34 bits per heavy atom. The molecule has 9 heteroatoms. The number of aliphatic imine (C=N–C) groups is 1. The standard InChI is InChI=1S/C20H26FN6O2/c1-4-27-16(22-18-17(27)19(28)24(3)20(29)23(18)2)13-25-9-11-26(12-10-25)15-7-5-14(21)6-8-15/h5-8,17H,4,9-13H2,1-3H3/q+1. The van der Waals surface area contributed by atoms with Gasteiger partial charge in [0.05, 0.1) is 6.54 Å². The molecule has 2 saturated heterocycles. The van der Waals surface area contributed by atoms with Gasteiger partial charge in [-0.05, 0) is 36.2 Å². The van der Waals surface area contributed by atoms with E-state index in [0.29, 0.717) is 18.9 Å². The highest BCUT2D eigenvalue weighted by atomic mass is 19.1. The van der Waals surface area contributed by atoms with Gasteiger partial charge in [-0.3, -0.25) is 19.5 Å². The lowest BCUT2D eigenvalue weighted by Crippen LogP contribution is -2.61. The van der Waals surface area contributed by atoms with Crippen molar-refractivity contribution in [1.29, 1.82) is 0 Å². The first-order valence-corrected chi connectivity index (χ1v) is 9.90. The molecule has 1 unspecified atom stereocenters. The van der Waals surface area contributed by atoms with Gasteiger partial charge in [0.25, 0.3) is 17.8 Å². The third-order valence-corrected chi connectivity index (χ3v) is 5.88. The van der Waals surface area contributed by atoms with E-state index in [-0.39, 0.29) is 17.8 Å². The maximum absolute atomic E-state index is 13.1. The molecule has 1 atom stereocenters. The molecule has 0 saturated carbocycles. The Bertz CT molecular complexity index is 889. The molecule has 0 aliphatic carbocycles. The molecule has 154 valence electrons. The monoisotopic (exact) mass is 401 g/mol. The van der Waals surface area contributed by atoms with Crippen molar-refractivity contribution >= 4 is 29.3 Å². The maximum Gasteiger partial charge on any atom is 0.333 e. The van der Waals surface area contributed by atoms with Crippen molar-refractivity contribution in [3.63, 3.8) is 0 Å². The number of nitrogens with zero attached hydrogens (tertiary/aromatic N) is 6. The third kappa shape index (κ3) is 3.39. The smallest absolute Gasteiger partial charge is 0.333 e. The second-order valence-corrected chi connectivity index (χ2v) is 7.55. The van der Waals surface area contributed by atoms with Crippen LogP contribution in [0.2, 0.25) is 0 Å². The predicted molar refractivity (Wildman–Crippen MR) is 108 cm³/mol. The Kier molecular flexibility index (Phi) is 5.08. The van der Waals surface area contributed by atoms with E-state index in [9.17, 15) is 14.0 Å². The van der Waals surface area contributed by atoms with Crippen LogP contribution >= 0.6 is 0 Å². The zero-order chi connectivity index (χ0) is 20.7. The van der Waals surface area contributed by atoms with Gasteiger partial charge in [-0.25, -0.2) is 13.8 Å². The van der Waals surface area contributed by atoms with E-state index in [1.807, 2.05) is 11.5 Å². The van der Waals surface area contributed by atoms with E-state index in [2.05, 4.69) is 14.8 Å². The van der Waals surface area contributed by atoms with E-state index >= 15 is 0 Å². The van der Waals surface area contributed by atoms with Gasteiger partial charge in [0.1, 0.15) is 12.4 Å². The largest absolute Gasteiger partial charge is 0.369 e. The van der Waals surface area contributed by atoms with Crippen molar-refractivity contribution in [3.8, 4) is 0 Å². The summed E-state index contributed by atoms with van der Waals surface area (Å²) in [4.78, 5) is 36.8. The van der Waals surface area contributed by atoms with Crippen LogP contribution in [0, 0.1) is 5.82 Å². The van der Waals surface area contributed by atoms with E-state index in [4.69, 9.17) is 0 Å². The predicted octanol–water partition coefficient (Wildman–Crippen LogP) is 0.683. The average Bonchev–Trinajstić information content (AvgIpc) is 3.10. The third-order valence-electron chi connectivity index (χ3n) is 5.88. The number of anilines is 1. The first-order valence-electron chi connectivity index (χ1n) is 9.90. The minimum atomic E-state index is -0.525. The van der Waals surface area contributed by atoms with Gasteiger partial charge in [0.2, 0.25) is 0 Å². The number of urea groups is 1. The number of amidine groups is 2. The fourth-order valence-corrected chi connectivity index (χ4v) is 4.16. The molecule has 0 radical (unpaired) electrons. The first-order chi connectivity index (χ1) is 13.9. The first kappa shape index (κ1) is 19.5. The summed E-state index contributed by atoms with van der Waals surface area (Å²) < 4.78 is 15.1. The zero-order valence-corrected chi connectivity index (χ0v) is 17.0. The van der Waals surface area contributed by atoms with Gasteiger partial charge in [0.15, 0.2) is 0 Å². The number of halogens is 1. The molecule has 3 aliphatic heterocycles. The summed E-state index contributed by atoms with van der Waals surface area (Å²) in [6.45, 7) is 6.63. The van der Waals surface area contributed by atoms with Gasteiger partial charge in [-0.1, -0.05) is 0 Å². The Morgan fingerprint density at radius 2 is 1.72 bits per heavy atom. The number of carbonyl (C=O) groups excluding carboxylic acids is 2. The van der Waals surface area contributed by atoms with Crippen LogP contribution in [0.4, 0.5) is 14.9 Å². The summed E-state index contributed by atoms with van der Waals surface area (Å²) in [7, 11) is 3.17. The van der Waals surface area contributed by atoms with E-state index in [1.165, 1.54) is 24.1 Å². The molecule has 0 spiro atoms. The molecule has 0 N–H and O–H groups in total. The number of imide groups is 1. The van der Waals surface area contributed by atoms with Gasteiger partial charge in [0, 0.05) is 46.0 Å². The highest BCUT2D eigenvalue weighted by Crippen LogP contribution is 2.20. The van der Waals surface area contributed by atoms with E-state index in [0.717, 1.165) is 42.6 Å². The zero-order valence-electron chi connectivity index (χ0n) is 17.0. The van der Waals surface area contributed by atoms with Crippen LogP contribution in [-0.2, 0) is 4.79 Å². The van der Waals surface area contributed by atoms with Crippen LogP contribution < -0.4 is 4.90 Å². The number of hydrogen-bond donors (Lipinski definition) is 0. The van der Waals surface area contributed by atoms with Gasteiger partial charge < -0.3 is 4.90 Å². The normalized spacial score (nSPS) is 23.1. The van der Waals surface area contributed by atoms with Crippen molar-refractivity contribution in [2.45, 2.75) is 13.0 Å². The molecule has 2 fully saturated rings. The fourth-order valence-electron chi connectivity index (χ4n) is 4.16. The van der Waals surface area contributed by atoms with Crippen LogP contribution in [0.1, 0.15) is 6.92 Å². The summed E-state index contributed by atoms with van der Waals surface area (Å²) in [5, 5.41) is 0. The molecule has 1 aromatic rings. The molecule has 3 aliphatic rings. The molecule has 1 aromatic carbocycles. The number of benzene rings is 1. The second kappa shape index (κ2) is 7.55. The average molecular weight is 401 g/mol. The Balaban J connectivity index is 1.46. The van der Waals surface area contributed by atoms with Crippen molar-refractivity contribution in [2.75, 3.05) is 58.3 Å². The van der Waals surface area contributed by atoms with Crippen LogP contribution in [0.3, 0.4) is 0 Å². The lowest BCUT2D eigenvalue weighted by molar-refractivity contribution is -0.532. The SMILES string of the molecule is CC[N+]1=C(CN2CCN(c3ccc(F)cc3)CC2)N=C2C1C(=O)N(C)C(=O)N2C. The summed E-state index contributed by atoms with van der Waals surface area (Å²) in [6.07, 6.45) is 0. The summed E-state index contributed by atoms with van der Waals surface area (Å²) in [5.74, 6) is 0.879. The molecule has 8 nitrogen and oxygen atoms in total. The highest BCUT2D eigenvalue weighted by Gasteiger charge is 2.52. The number of amides is 3. The van der Waals surface area contributed by atoms with E-state index in [1.54, 1.807) is 19.2 Å². The lowest BCUT2D eigenvalue weighted by atomic mass is 10.1. The number of piperazine rings is 1. The summed E-state index contributed by atoms with van der Waals surface area (Å²) >= 11 is 0. The van der Waals surface area contributed by atoms with Gasteiger partial charge in [-0.2, -0.15) is 0 Å². The molecule has 3 heterocycles. The molecule has 29 heavy (non-hydrogen) atoms. The van der Waals surface area contributed by atoms with Gasteiger partial charge in [-0.15, -0.1) is 0 Å². The van der Waals surface area contributed by atoms with Crippen LogP contribution in [0.25, 0.3) is 0 Å². The maximum atomic E-state index is 13.1. The second-order valence-electron chi connectivity index (χ2n) is 7.55. The lowest BCUT2D eigenvalue weighted by Gasteiger charge is -2.35. The number of fused-ring (bicyclic) bond motifs is 1. The molecular formula is C20H26FN6O2+. The minimum absolute atomic E-state index is 0.228. The summed E-state index contributed by atoms with van der Waals surface area (Å²) in [6, 6.07) is 5.71. The quantitative estimate of drug-likeness (QED) is 0.697. The van der Waals surface area contributed by atoms with Gasteiger partial charge >= 0.3 is 11.9 Å². The molecule has 3 amide bonds. The molecule has 0 bridgehead atoms. The fraction of sp³-hybridized carbons (Fsp3) is 0.500. The molecular weight excluding hydrogens is 375 g/mol.